The number of ketones is 1. The van der Waals surface area contributed by atoms with Gasteiger partial charge in [0.2, 0.25) is 5.91 Å². The number of hydrogen-bond donors (Lipinski definition) is 0. The summed E-state index contributed by atoms with van der Waals surface area (Å²) < 4.78 is 0. The smallest absolute Gasteiger partial charge is 0.254 e. The fourth-order valence-corrected chi connectivity index (χ4v) is 5.30. The number of fused-ring (bicyclic) bond motifs is 1. The Kier molecular flexibility index (Phi) is 6.53. The first-order valence-electron chi connectivity index (χ1n) is 12.4. The average Bonchev–Trinajstić information content (AvgIpc) is 2.92. The minimum absolute atomic E-state index is 0.0122. The predicted molar refractivity (Wildman–Crippen MR) is 138 cm³/mol. The topological polar surface area (TPSA) is 60.9 Å². The summed E-state index contributed by atoms with van der Waals surface area (Å²) in [7, 11) is 0. The van der Waals surface area contributed by atoms with Crippen LogP contribution >= 0.6 is 0 Å². The first kappa shape index (κ1) is 23.1. The Balaban J connectivity index is 1.21. The van der Waals surface area contributed by atoms with Crippen molar-refractivity contribution in [3.05, 3.63) is 77.9 Å². The Morgan fingerprint density at radius 2 is 1.49 bits per heavy atom. The highest BCUT2D eigenvalue weighted by atomic mass is 16.2. The quantitative estimate of drug-likeness (QED) is 0.536. The molecule has 0 aromatic heterocycles. The molecule has 0 aliphatic carbocycles. The maximum Gasteiger partial charge on any atom is 0.254 e. The monoisotopic (exact) mass is 469 g/mol. The predicted octanol–water partition coefficient (Wildman–Crippen LogP) is 4.24. The van der Waals surface area contributed by atoms with E-state index in [2.05, 4.69) is 4.90 Å². The third-order valence-electron chi connectivity index (χ3n) is 7.31. The Hall–Kier alpha value is -3.67. The normalized spacial score (nSPS) is 18.5. The van der Waals surface area contributed by atoms with Gasteiger partial charge in [-0.15, -0.1) is 0 Å². The number of benzene rings is 3. The van der Waals surface area contributed by atoms with E-state index in [1.807, 2.05) is 76.5 Å². The van der Waals surface area contributed by atoms with Crippen LogP contribution < -0.4 is 4.90 Å². The van der Waals surface area contributed by atoms with Gasteiger partial charge in [-0.1, -0.05) is 36.4 Å². The van der Waals surface area contributed by atoms with Crippen LogP contribution in [0.3, 0.4) is 0 Å². The zero-order valence-electron chi connectivity index (χ0n) is 20.2. The van der Waals surface area contributed by atoms with E-state index in [0.29, 0.717) is 37.3 Å². The van der Waals surface area contributed by atoms with E-state index >= 15 is 0 Å². The molecule has 2 aliphatic heterocycles. The molecule has 2 saturated heterocycles. The maximum atomic E-state index is 13.4. The van der Waals surface area contributed by atoms with E-state index in [0.717, 1.165) is 42.4 Å². The molecule has 3 aromatic rings. The van der Waals surface area contributed by atoms with E-state index in [1.54, 1.807) is 6.92 Å². The van der Waals surface area contributed by atoms with Crippen molar-refractivity contribution < 1.29 is 14.4 Å². The van der Waals surface area contributed by atoms with Gasteiger partial charge in [0.15, 0.2) is 5.78 Å². The molecule has 0 radical (unpaired) electrons. The Bertz CT molecular complexity index is 1240. The lowest BCUT2D eigenvalue weighted by Gasteiger charge is -2.39. The van der Waals surface area contributed by atoms with Gasteiger partial charge >= 0.3 is 0 Å². The number of hydrogen-bond acceptors (Lipinski definition) is 4. The van der Waals surface area contributed by atoms with Crippen molar-refractivity contribution in [1.29, 1.82) is 0 Å². The first-order valence-corrected chi connectivity index (χ1v) is 12.4. The summed E-state index contributed by atoms with van der Waals surface area (Å²) in [6.07, 6.45) is 1.67. The van der Waals surface area contributed by atoms with Crippen LogP contribution in [0.5, 0.6) is 0 Å². The average molecular weight is 470 g/mol. The molecule has 0 saturated carbocycles. The minimum atomic E-state index is -0.149. The minimum Gasteiger partial charge on any atom is -0.368 e. The SMILES string of the molecule is CC(=O)c1ccc(N2CCN(C(=O)C3CCCN(C(=O)c4cccc5ccccc45)C3)CC2)cc1. The van der Waals surface area contributed by atoms with Crippen molar-refractivity contribution in [3.63, 3.8) is 0 Å². The maximum absolute atomic E-state index is 13.4. The van der Waals surface area contributed by atoms with E-state index in [1.165, 1.54) is 0 Å². The summed E-state index contributed by atoms with van der Waals surface area (Å²) in [6, 6.07) is 21.5. The van der Waals surface area contributed by atoms with Crippen molar-refractivity contribution in [1.82, 2.24) is 9.80 Å². The molecule has 0 spiro atoms. The Morgan fingerprint density at radius 3 is 2.23 bits per heavy atom. The molecule has 1 unspecified atom stereocenters. The van der Waals surface area contributed by atoms with Crippen molar-refractivity contribution in [2.45, 2.75) is 19.8 Å². The second kappa shape index (κ2) is 9.90. The molecule has 2 aliphatic rings. The number of likely N-dealkylation sites (tertiary alicyclic amines) is 1. The van der Waals surface area contributed by atoms with Crippen LogP contribution in [-0.2, 0) is 4.79 Å². The number of carbonyl (C=O) groups excluding carboxylic acids is 3. The van der Waals surface area contributed by atoms with Gasteiger partial charge in [0.25, 0.3) is 5.91 Å². The third-order valence-corrected chi connectivity index (χ3v) is 7.31. The molecule has 0 N–H and O–H groups in total. The summed E-state index contributed by atoms with van der Waals surface area (Å²) in [5.74, 6) is 0.0848. The molecular weight excluding hydrogens is 438 g/mol. The van der Waals surface area contributed by atoms with E-state index in [4.69, 9.17) is 0 Å². The molecule has 6 heteroatoms. The number of piperidine rings is 1. The van der Waals surface area contributed by atoms with Gasteiger partial charge in [-0.25, -0.2) is 0 Å². The van der Waals surface area contributed by atoms with Gasteiger partial charge in [-0.05, 0) is 60.9 Å². The second-order valence-corrected chi connectivity index (χ2v) is 9.53. The van der Waals surface area contributed by atoms with Gasteiger partial charge in [-0.2, -0.15) is 0 Å². The molecule has 2 fully saturated rings. The number of anilines is 1. The number of nitrogens with zero attached hydrogens (tertiary/aromatic N) is 3. The van der Waals surface area contributed by atoms with Crippen LogP contribution in [0.25, 0.3) is 10.8 Å². The fraction of sp³-hybridized carbons (Fsp3) is 0.345. The Morgan fingerprint density at radius 1 is 0.771 bits per heavy atom. The van der Waals surface area contributed by atoms with Crippen LogP contribution in [0.15, 0.2) is 66.7 Å². The van der Waals surface area contributed by atoms with Gasteiger partial charge in [0, 0.05) is 56.1 Å². The number of amides is 2. The molecule has 2 amide bonds. The van der Waals surface area contributed by atoms with E-state index in [-0.39, 0.29) is 23.5 Å². The lowest BCUT2D eigenvalue weighted by atomic mass is 9.95. The number of Topliss-reactive ketones (excluding diaryl/α,β-unsaturated/α-hetero) is 1. The molecule has 0 bridgehead atoms. The first-order chi connectivity index (χ1) is 17.0. The lowest BCUT2D eigenvalue weighted by Crippen LogP contribution is -2.53. The number of piperazine rings is 1. The molecule has 5 rings (SSSR count). The van der Waals surface area contributed by atoms with Crippen LogP contribution in [0.4, 0.5) is 5.69 Å². The molecule has 3 aromatic carbocycles. The van der Waals surface area contributed by atoms with E-state index < -0.39 is 0 Å². The molecule has 1 atom stereocenters. The van der Waals surface area contributed by atoms with Crippen molar-refractivity contribution >= 4 is 34.1 Å². The highest BCUT2D eigenvalue weighted by molar-refractivity contribution is 6.07. The van der Waals surface area contributed by atoms with Crippen LogP contribution in [0.1, 0.15) is 40.5 Å². The van der Waals surface area contributed by atoms with Gasteiger partial charge in [-0.3, -0.25) is 14.4 Å². The number of rotatable bonds is 4. The largest absolute Gasteiger partial charge is 0.368 e. The summed E-state index contributed by atoms with van der Waals surface area (Å²) >= 11 is 0. The summed E-state index contributed by atoms with van der Waals surface area (Å²) in [5.41, 5.74) is 2.50. The van der Waals surface area contributed by atoms with Crippen LogP contribution in [-0.4, -0.2) is 66.7 Å². The standard InChI is InChI=1S/C29H31N3O3/c1-21(33)22-11-13-25(14-12-22)30-16-18-31(19-17-30)28(34)24-8-5-15-32(20-24)29(35)27-10-4-7-23-6-2-3-9-26(23)27/h2-4,6-7,9-14,24H,5,8,15-20H2,1H3. The second-order valence-electron chi connectivity index (χ2n) is 9.53. The van der Waals surface area contributed by atoms with Crippen LogP contribution in [0.2, 0.25) is 0 Å². The molecule has 2 heterocycles. The van der Waals surface area contributed by atoms with Crippen molar-refractivity contribution in [2.75, 3.05) is 44.2 Å². The van der Waals surface area contributed by atoms with Crippen LogP contribution in [0, 0.1) is 5.92 Å². The summed E-state index contributed by atoms with van der Waals surface area (Å²) in [6.45, 7) is 5.60. The highest BCUT2D eigenvalue weighted by Gasteiger charge is 2.33. The fourth-order valence-electron chi connectivity index (χ4n) is 5.30. The van der Waals surface area contributed by atoms with Crippen molar-refractivity contribution in [3.8, 4) is 0 Å². The third kappa shape index (κ3) is 4.78. The molecule has 6 nitrogen and oxygen atoms in total. The Labute approximate surface area is 206 Å². The summed E-state index contributed by atoms with van der Waals surface area (Å²) in [5, 5.41) is 2.01. The zero-order valence-corrected chi connectivity index (χ0v) is 20.2. The van der Waals surface area contributed by atoms with Crippen molar-refractivity contribution in [2.24, 2.45) is 5.92 Å². The lowest BCUT2D eigenvalue weighted by molar-refractivity contribution is -0.137. The van der Waals surface area contributed by atoms with E-state index in [9.17, 15) is 14.4 Å². The molecular formula is C29H31N3O3. The highest BCUT2D eigenvalue weighted by Crippen LogP contribution is 2.25. The van der Waals surface area contributed by atoms with Gasteiger partial charge < -0.3 is 14.7 Å². The zero-order chi connectivity index (χ0) is 24.4. The summed E-state index contributed by atoms with van der Waals surface area (Å²) in [4.78, 5) is 44.4. The number of carbonyl (C=O) groups is 3. The molecule has 180 valence electrons. The van der Waals surface area contributed by atoms with Gasteiger partial charge in [0.05, 0.1) is 5.92 Å². The molecule has 35 heavy (non-hydrogen) atoms. The van der Waals surface area contributed by atoms with Gasteiger partial charge in [0.1, 0.15) is 0 Å².